The summed E-state index contributed by atoms with van der Waals surface area (Å²) in [6.45, 7) is 3.42. The molecule has 0 radical (unpaired) electrons. The molecule has 13 heavy (non-hydrogen) atoms. The van der Waals surface area contributed by atoms with Gasteiger partial charge >= 0.3 is 0 Å². The first kappa shape index (κ1) is 9.80. The largest absolute Gasteiger partial charge is 0.503 e. The number of pyridine rings is 1. The number of aromatic nitrogens is 1. The van der Waals surface area contributed by atoms with Crippen LogP contribution in [-0.2, 0) is 0 Å². The van der Waals surface area contributed by atoms with Crippen molar-refractivity contribution in [1.29, 1.82) is 0 Å². The minimum absolute atomic E-state index is 0.0247. The molecule has 4 nitrogen and oxygen atoms in total. The van der Waals surface area contributed by atoms with Gasteiger partial charge in [0, 0.05) is 12.3 Å². The number of hydrogen-bond acceptors (Lipinski definition) is 3. The molecule has 1 aromatic heterocycles. The molecule has 0 aliphatic heterocycles. The van der Waals surface area contributed by atoms with Crippen molar-refractivity contribution in [3.63, 3.8) is 0 Å². The number of aliphatic hydroxyl groups excluding tert-OH is 1. The monoisotopic (exact) mass is 183 g/mol. The Morgan fingerprint density at radius 3 is 2.77 bits per heavy atom. The zero-order valence-corrected chi connectivity index (χ0v) is 7.69. The van der Waals surface area contributed by atoms with Gasteiger partial charge in [0.15, 0.2) is 5.75 Å². The third-order valence-electron chi connectivity index (χ3n) is 2.09. The van der Waals surface area contributed by atoms with Gasteiger partial charge in [0.1, 0.15) is 0 Å². The summed E-state index contributed by atoms with van der Waals surface area (Å²) in [5.74, 6) is -0.247. The van der Waals surface area contributed by atoms with Gasteiger partial charge < -0.3 is 14.8 Å². The van der Waals surface area contributed by atoms with Crippen molar-refractivity contribution in [3.05, 3.63) is 28.2 Å². The van der Waals surface area contributed by atoms with Crippen molar-refractivity contribution < 1.29 is 10.2 Å². The molecule has 1 rings (SSSR count). The molecule has 0 unspecified atom stereocenters. The van der Waals surface area contributed by atoms with E-state index in [1.165, 1.54) is 6.07 Å². The number of aromatic hydroxyl groups is 1. The third kappa shape index (κ3) is 1.72. The molecule has 1 atom stereocenters. The molecule has 0 spiro atoms. The molecule has 0 saturated carbocycles. The summed E-state index contributed by atoms with van der Waals surface area (Å²) in [5.41, 5.74) is 0.0907. The van der Waals surface area contributed by atoms with Crippen LogP contribution in [0.25, 0.3) is 0 Å². The molecular weight excluding hydrogens is 170 g/mol. The minimum Gasteiger partial charge on any atom is -0.503 e. The SMILES string of the molecule is Cc1c(O)c(=O)ccn1[C@H](C)CO. The Kier molecular flexibility index (Phi) is 2.72. The maximum absolute atomic E-state index is 11.0. The summed E-state index contributed by atoms with van der Waals surface area (Å²) in [5, 5.41) is 18.2. The van der Waals surface area contributed by atoms with E-state index >= 15 is 0 Å². The van der Waals surface area contributed by atoms with Gasteiger partial charge in [-0.25, -0.2) is 0 Å². The predicted molar refractivity (Wildman–Crippen MR) is 48.9 cm³/mol. The quantitative estimate of drug-likeness (QED) is 0.698. The second kappa shape index (κ2) is 3.62. The smallest absolute Gasteiger partial charge is 0.223 e. The fourth-order valence-corrected chi connectivity index (χ4v) is 1.20. The predicted octanol–water partition coefficient (Wildman–Crippen LogP) is 0.416. The van der Waals surface area contributed by atoms with Crippen LogP contribution in [0.2, 0.25) is 0 Å². The van der Waals surface area contributed by atoms with Crippen LogP contribution in [0.3, 0.4) is 0 Å². The Morgan fingerprint density at radius 1 is 1.62 bits per heavy atom. The minimum atomic E-state index is -0.390. The molecule has 0 amide bonds. The number of nitrogens with zero attached hydrogens (tertiary/aromatic N) is 1. The van der Waals surface area contributed by atoms with Crippen LogP contribution >= 0.6 is 0 Å². The summed E-state index contributed by atoms with van der Waals surface area (Å²) in [6, 6.07) is 1.15. The Morgan fingerprint density at radius 2 is 2.23 bits per heavy atom. The molecule has 1 aromatic rings. The molecule has 0 saturated heterocycles. The Hall–Kier alpha value is -1.29. The lowest BCUT2D eigenvalue weighted by Crippen LogP contribution is -2.15. The van der Waals surface area contributed by atoms with E-state index in [0.29, 0.717) is 5.69 Å². The van der Waals surface area contributed by atoms with Gasteiger partial charge in [0.25, 0.3) is 0 Å². The van der Waals surface area contributed by atoms with E-state index in [2.05, 4.69) is 0 Å². The highest BCUT2D eigenvalue weighted by molar-refractivity contribution is 5.25. The summed E-state index contributed by atoms with van der Waals surface area (Å²) >= 11 is 0. The summed E-state index contributed by atoms with van der Waals surface area (Å²) < 4.78 is 1.66. The summed E-state index contributed by atoms with van der Waals surface area (Å²) in [6.07, 6.45) is 1.57. The fraction of sp³-hybridized carbons (Fsp3) is 0.444. The van der Waals surface area contributed by atoms with Crippen LogP contribution in [0.15, 0.2) is 17.1 Å². The van der Waals surface area contributed by atoms with Crippen molar-refractivity contribution in [2.45, 2.75) is 19.9 Å². The maximum Gasteiger partial charge on any atom is 0.223 e. The molecular formula is C9H13NO3. The van der Waals surface area contributed by atoms with Crippen LogP contribution in [0.4, 0.5) is 0 Å². The topological polar surface area (TPSA) is 62.5 Å². The van der Waals surface area contributed by atoms with Gasteiger partial charge in [-0.2, -0.15) is 0 Å². The highest BCUT2D eigenvalue weighted by Gasteiger charge is 2.09. The Bertz CT molecular complexity index is 356. The number of rotatable bonds is 2. The van der Waals surface area contributed by atoms with E-state index in [4.69, 9.17) is 5.11 Å². The standard InChI is InChI=1S/C9H13NO3/c1-6(5-11)10-4-3-8(12)9(13)7(10)2/h3-4,6,11,13H,5H2,1-2H3/t6-/m1/s1. The molecule has 0 aromatic carbocycles. The van der Waals surface area contributed by atoms with Crippen LogP contribution in [-0.4, -0.2) is 21.4 Å². The van der Waals surface area contributed by atoms with Gasteiger partial charge in [-0.05, 0) is 13.8 Å². The highest BCUT2D eigenvalue weighted by Crippen LogP contribution is 2.14. The van der Waals surface area contributed by atoms with Gasteiger partial charge in [-0.1, -0.05) is 0 Å². The van der Waals surface area contributed by atoms with Crippen LogP contribution < -0.4 is 5.43 Å². The molecule has 0 bridgehead atoms. The second-order valence-corrected chi connectivity index (χ2v) is 3.05. The molecule has 72 valence electrons. The van der Waals surface area contributed by atoms with Gasteiger partial charge in [-0.3, -0.25) is 4.79 Å². The maximum atomic E-state index is 11.0. The molecule has 0 fully saturated rings. The molecule has 0 aliphatic carbocycles. The number of hydrogen-bond donors (Lipinski definition) is 2. The van der Waals surface area contributed by atoms with Gasteiger partial charge in [0.2, 0.25) is 5.43 Å². The average Bonchev–Trinajstić information content (AvgIpc) is 2.13. The normalized spacial score (nSPS) is 12.8. The Labute approximate surface area is 76.1 Å². The van der Waals surface area contributed by atoms with E-state index in [1.54, 1.807) is 24.6 Å². The fourth-order valence-electron chi connectivity index (χ4n) is 1.20. The number of aliphatic hydroxyl groups is 1. The van der Waals surface area contributed by atoms with Gasteiger partial charge in [-0.15, -0.1) is 0 Å². The summed E-state index contributed by atoms with van der Waals surface area (Å²) in [7, 11) is 0. The average molecular weight is 183 g/mol. The summed E-state index contributed by atoms with van der Waals surface area (Å²) in [4.78, 5) is 11.0. The Balaban J connectivity index is 3.26. The van der Waals surface area contributed by atoms with Crippen molar-refractivity contribution in [1.82, 2.24) is 4.57 Å². The first-order chi connectivity index (χ1) is 6.07. The lowest BCUT2D eigenvalue weighted by Gasteiger charge is -2.16. The van der Waals surface area contributed by atoms with Crippen molar-refractivity contribution in [2.75, 3.05) is 6.61 Å². The molecule has 0 aliphatic rings. The van der Waals surface area contributed by atoms with Crippen LogP contribution in [0.1, 0.15) is 18.7 Å². The van der Waals surface area contributed by atoms with Gasteiger partial charge in [0.05, 0.1) is 18.3 Å². The van der Waals surface area contributed by atoms with Crippen LogP contribution in [0.5, 0.6) is 5.75 Å². The zero-order chi connectivity index (χ0) is 10.0. The van der Waals surface area contributed by atoms with E-state index in [-0.39, 0.29) is 23.8 Å². The first-order valence-corrected chi connectivity index (χ1v) is 4.09. The first-order valence-electron chi connectivity index (χ1n) is 4.09. The van der Waals surface area contributed by atoms with Crippen molar-refractivity contribution >= 4 is 0 Å². The second-order valence-electron chi connectivity index (χ2n) is 3.05. The van der Waals surface area contributed by atoms with E-state index in [0.717, 1.165) is 0 Å². The van der Waals surface area contributed by atoms with E-state index in [1.807, 2.05) is 0 Å². The van der Waals surface area contributed by atoms with E-state index < -0.39 is 0 Å². The third-order valence-corrected chi connectivity index (χ3v) is 2.09. The highest BCUT2D eigenvalue weighted by atomic mass is 16.3. The molecule has 1 heterocycles. The zero-order valence-electron chi connectivity index (χ0n) is 7.69. The molecule has 4 heteroatoms. The van der Waals surface area contributed by atoms with Crippen LogP contribution in [0, 0.1) is 6.92 Å². The lowest BCUT2D eigenvalue weighted by molar-refractivity contribution is 0.235. The van der Waals surface area contributed by atoms with E-state index in [9.17, 15) is 9.90 Å². The lowest BCUT2D eigenvalue weighted by atomic mass is 10.2. The molecule has 2 N–H and O–H groups in total. The van der Waals surface area contributed by atoms with Crippen molar-refractivity contribution in [3.8, 4) is 5.75 Å². The van der Waals surface area contributed by atoms with Crippen molar-refractivity contribution in [2.24, 2.45) is 0 Å².